The van der Waals surface area contributed by atoms with Gasteiger partial charge in [-0.15, -0.1) is 0 Å². The molecule has 1 spiro atoms. The average Bonchev–Trinajstić information content (AvgIpc) is 2.86. The van der Waals surface area contributed by atoms with E-state index in [1.165, 1.54) is 23.7 Å². The monoisotopic (exact) mass is 519 g/mol. The molecular formula is C29H30ClN3O2S. The summed E-state index contributed by atoms with van der Waals surface area (Å²) in [4.78, 5) is 32.0. The molecule has 186 valence electrons. The SMILES string of the molecule is C=C(C)Cn1c(SCC(=O)Nc2ccccc2Cl)nc2c(c1=O)C1(CCCCC1)Cc1ccccc1-2. The molecule has 1 heterocycles. The Labute approximate surface area is 221 Å². The molecule has 0 unspecified atom stereocenters. The summed E-state index contributed by atoms with van der Waals surface area (Å²) in [5.41, 5.74) is 5.20. The van der Waals surface area contributed by atoms with Crippen molar-refractivity contribution in [1.29, 1.82) is 0 Å². The van der Waals surface area contributed by atoms with Gasteiger partial charge in [0.15, 0.2) is 5.16 Å². The molecule has 0 aliphatic heterocycles. The van der Waals surface area contributed by atoms with Gasteiger partial charge in [-0.1, -0.05) is 91.2 Å². The highest BCUT2D eigenvalue weighted by molar-refractivity contribution is 7.99. The summed E-state index contributed by atoms with van der Waals surface area (Å²) < 4.78 is 1.72. The standard InChI is InChI=1S/C29H30ClN3O2S/c1-19(2)17-33-27(35)25-26(21-11-5-4-10-20(21)16-29(25)14-8-3-9-15-29)32-28(33)36-18-24(34)31-23-13-7-6-12-22(23)30/h4-7,10-13H,1,3,8-9,14-18H2,2H3,(H,31,34). The van der Waals surface area contributed by atoms with Gasteiger partial charge < -0.3 is 5.32 Å². The molecule has 5 rings (SSSR count). The Hall–Kier alpha value is -2.83. The van der Waals surface area contributed by atoms with E-state index in [2.05, 4.69) is 30.1 Å². The maximum absolute atomic E-state index is 14.2. The van der Waals surface area contributed by atoms with Gasteiger partial charge in [-0.05, 0) is 43.9 Å². The van der Waals surface area contributed by atoms with Crippen molar-refractivity contribution < 1.29 is 4.79 Å². The summed E-state index contributed by atoms with van der Waals surface area (Å²) in [7, 11) is 0. The van der Waals surface area contributed by atoms with Crippen LogP contribution in [0.5, 0.6) is 0 Å². The van der Waals surface area contributed by atoms with Crippen LogP contribution in [0.1, 0.15) is 50.2 Å². The lowest BCUT2D eigenvalue weighted by Crippen LogP contribution is -2.43. The van der Waals surface area contributed by atoms with Gasteiger partial charge in [0.2, 0.25) is 5.91 Å². The fraction of sp³-hybridized carbons (Fsp3) is 0.345. The average molecular weight is 520 g/mol. The van der Waals surface area contributed by atoms with Crippen molar-refractivity contribution >= 4 is 35.0 Å². The summed E-state index contributed by atoms with van der Waals surface area (Å²) in [6.07, 6.45) is 6.35. The maximum atomic E-state index is 14.2. The van der Waals surface area contributed by atoms with Gasteiger partial charge in [0.25, 0.3) is 5.56 Å². The molecule has 0 bridgehead atoms. The largest absolute Gasteiger partial charge is 0.324 e. The second kappa shape index (κ2) is 10.3. The first-order chi connectivity index (χ1) is 17.4. The number of anilines is 1. The van der Waals surface area contributed by atoms with E-state index >= 15 is 0 Å². The van der Waals surface area contributed by atoms with Gasteiger partial charge in [-0.2, -0.15) is 0 Å². The number of hydrogen-bond acceptors (Lipinski definition) is 4. The van der Waals surface area contributed by atoms with Gasteiger partial charge in [-0.25, -0.2) is 4.98 Å². The molecule has 3 aromatic rings. The van der Waals surface area contributed by atoms with Crippen molar-refractivity contribution in [2.75, 3.05) is 11.1 Å². The van der Waals surface area contributed by atoms with Crippen LogP contribution in [-0.2, 0) is 23.2 Å². The number of carbonyl (C=O) groups is 1. The van der Waals surface area contributed by atoms with Crippen molar-refractivity contribution in [2.24, 2.45) is 0 Å². The van der Waals surface area contributed by atoms with Gasteiger partial charge >= 0.3 is 0 Å². The van der Waals surface area contributed by atoms with Gasteiger partial charge in [-0.3, -0.25) is 14.2 Å². The van der Waals surface area contributed by atoms with E-state index in [1.807, 2.05) is 25.1 Å². The molecule has 1 saturated carbocycles. The fourth-order valence-electron chi connectivity index (χ4n) is 5.62. The fourth-order valence-corrected chi connectivity index (χ4v) is 6.59. The van der Waals surface area contributed by atoms with E-state index in [0.29, 0.717) is 22.4 Å². The molecule has 0 atom stereocenters. The van der Waals surface area contributed by atoms with Crippen LogP contribution in [0.2, 0.25) is 5.02 Å². The Morgan fingerprint density at radius 1 is 1.14 bits per heavy atom. The van der Waals surface area contributed by atoms with Crippen LogP contribution in [-0.4, -0.2) is 21.2 Å². The molecule has 36 heavy (non-hydrogen) atoms. The number of amides is 1. The molecule has 2 aromatic carbocycles. The number of allylic oxidation sites excluding steroid dienone is 1. The van der Waals surface area contributed by atoms with E-state index in [0.717, 1.165) is 54.5 Å². The van der Waals surface area contributed by atoms with Crippen molar-refractivity contribution in [1.82, 2.24) is 9.55 Å². The van der Waals surface area contributed by atoms with Gasteiger partial charge in [0.05, 0.1) is 27.7 Å². The Morgan fingerprint density at radius 3 is 2.61 bits per heavy atom. The van der Waals surface area contributed by atoms with Crippen LogP contribution < -0.4 is 10.9 Å². The zero-order valence-corrected chi connectivity index (χ0v) is 22.1. The van der Waals surface area contributed by atoms with E-state index < -0.39 is 0 Å². The Kier molecular flexibility index (Phi) is 7.09. The second-order valence-corrected chi connectivity index (χ2v) is 11.3. The Balaban J connectivity index is 1.56. The summed E-state index contributed by atoms with van der Waals surface area (Å²) in [6, 6.07) is 15.4. The minimum atomic E-state index is -0.203. The number of aromatic nitrogens is 2. The lowest BCUT2D eigenvalue weighted by Gasteiger charge is -2.42. The minimum absolute atomic E-state index is 0.00779. The third-order valence-corrected chi connectivity index (χ3v) is 8.49. The normalized spacial score (nSPS) is 15.7. The molecule has 1 fully saturated rings. The van der Waals surface area contributed by atoms with E-state index in [4.69, 9.17) is 16.6 Å². The molecule has 1 amide bonds. The lowest BCUT2D eigenvalue weighted by atomic mass is 9.62. The number of hydrogen-bond donors (Lipinski definition) is 1. The Morgan fingerprint density at radius 2 is 1.86 bits per heavy atom. The number of nitrogens with zero attached hydrogens (tertiary/aromatic N) is 2. The molecule has 2 aliphatic carbocycles. The van der Waals surface area contributed by atoms with E-state index in [-0.39, 0.29) is 22.6 Å². The molecule has 1 aromatic heterocycles. The van der Waals surface area contributed by atoms with Crippen molar-refractivity contribution in [3.05, 3.63) is 87.2 Å². The third kappa shape index (κ3) is 4.76. The first-order valence-corrected chi connectivity index (χ1v) is 13.8. The lowest BCUT2D eigenvalue weighted by molar-refractivity contribution is -0.113. The van der Waals surface area contributed by atoms with Gasteiger partial charge in [0, 0.05) is 17.5 Å². The molecular weight excluding hydrogens is 490 g/mol. The van der Waals surface area contributed by atoms with E-state index in [1.54, 1.807) is 16.7 Å². The zero-order valence-electron chi connectivity index (χ0n) is 20.5. The summed E-state index contributed by atoms with van der Waals surface area (Å²) in [5, 5.41) is 3.88. The first-order valence-electron chi connectivity index (χ1n) is 12.4. The van der Waals surface area contributed by atoms with Crippen LogP contribution in [0.4, 0.5) is 5.69 Å². The van der Waals surface area contributed by atoms with Crippen LogP contribution in [0.15, 0.2) is 70.6 Å². The molecule has 1 N–H and O–H groups in total. The molecule has 0 radical (unpaired) electrons. The second-order valence-electron chi connectivity index (χ2n) is 9.96. The predicted octanol–water partition coefficient (Wildman–Crippen LogP) is 6.63. The molecule has 2 aliphatic rings. The first kappa shape index (κ1) is 24.8. The predicted molar refractivity (Wildman–Crippen MR) is 148 cm³/mol. The number of fused-ring (bicyclic) bond motifs is 4. The van der Waals surface area contributed by atoms with Crippen molar-refractivity contribution in [2.45, 2.75) is 62.6 Å². The van der Waals surface area contributed by atoms with Gasteiger partial charge in [0.1, 0.15) is 0 Å². The number of carbonyl (C=O) groups excluding carboxylic acids is 1. The Bertz CT molecular complexity index is 1390. The molecule has 7 heteroatoms. The highest BCUT2D eigenvalue weighted by Gasteiger charge is 2.43. The number of rotatable bonds is 6. The number of halogens is 1. The highest BCUT2D eigenvalue weighted by atomic mass is 35.5. The van der Waals surface area contributed by atoms with E-state index in [9.17, 15) is 9.59 Å². The summed E-state index contributed by atoms with van der Waals surface area (Å²) in [5.74, 6) is -0.0921. The molecule has 5 nitrogen and oxygen atoms in total. The minimum Gasteiger partial charge on any atom is -0.324 e. The third-order valence-electron chi connectivity index (χ3n) is 7.18. The highest BCUT2D eigenvalue weighted by Crippen LogP contribution is 2.48. The van der Waals surface area contributed by atoms with Crippen molar-refractivity contribution in [3.63, 3.8) is 0 Å². The molecule has 0 saturated heterocycles. The number of nitrogens with one attached hydrogen (secondary N) is 1. The maximum Gasteiger partial charge on any atom is 0.258 e. The zero-order chi connectivity index (χ0) is 25.3. The smallest absolute Gasteiger partial charge is 0.258 e. The summed E-state index contributed by atoms with van der Waals surface area (Å²) >= 11 is 7.47. The number of para-hydroxylation sites is 1. The van der Waals surface area contributed by atoms with Crippen LogP contribution in [0.3, 0.4) is 0 Å². The van der Waals surface area contributed by atoms with Crippen LogP contribution >= 0.6 is 23.4 Å². The topological polar surface area (TPSA) is 64.0 Å². The van der Waals surface area contributed by atoms with Crippen LogP contribution in [0, 0.1) is 0 Å². The summed E-state index contributed by atoms with van der Waals surface area (Å²) in [6.45, 7) is 6.35. The number of benzene rings is 2. The number of thioether (sulfide) groups is 1. The van der Waals surface area contributed by atoms with Crippen molar-refractivity contribution in [3.8, 4) is 11.3 Å². The quantitative estimate of drug-likeness (QED) is 0.225. The van der Waals surface area contributed by atoms with Crippen LogP contribution in [0.25, 0.3) is 11.3 Å².